The minimum absolute atomic E-state index is 0.295. The number of nitrogens with one attached hydrogen (secondary N) is 1. The second-order valence-corrected chi connectivity index (χ2v) is 8.33. The first kappa shape index (κ1) is 19.5. The molecule has 0 unspecified atom stereocenters. The van der Waals surface area contributed by atoms with Crippen molar-refractivity contribution in [3.05, 3.63) is 42.0 Å². The monoisotopic (exact) mass is 366 g/mol. The molecule has 1 fully saturated rings. The molecule has 1 saturated heterocycles. The van der Waals surface area contributed by atoms with Crippen molar-refractivity contribution in [1.29, 1.82) is 0 Å². The number of hydrogen-bond acceptors (Lipinski definition) is 4. The number of rotatable bonds is 5. The Morgan fingerprint density at radius 3 is 2.76 bits per heavy atom. The summed E-state index contributed by atoms with van der Waals surface area (Å²) in [6, 6.07) is 7.31. The first-order chi connectivity index (χ1) is 11.7. The van der Waals surface area contributed by atoms with Crippen LogP contribution in [0.1, 0.15) is 30.9 Å². The maximum Gasteiger partial charge on any atom is 0.409 e. The van der Waals surface area contributed by atoms with Crippen LogP contribution in [0.3, 0.4) is 0 Å². The number of ether oxygens (including phenoxy) is 1. The van der Waals surface area contributed by atoms with E-state index in [1.54, 1.807) is 4.90 Å². The second kappa shape index (κ2) is 8.01. The average Bonchev–Trinajstić information content (AvgIpc) is 2.54. The standard InChI is InChI=1S/C18H26N2O4S/c1-13(2)15-8-5-7-14(11-15)12-17-16(19-25(4,22)23)9-6-10-20(17)18(21)24-3/h5,7-8,11,16-17,19H,1,6,9-10,12H2,2-4H3/t16-,17-/m1/s1. The second-order valence-electron chi connectivity index (χ2n) is 6.55. The van der Waals surface area contributed by atoms with Gasteiger partial charge in [0.05, 0.1) is 19.4 Å². The third-order valence-corrected chi connectivity index (χ3v) is 5.15. The molecule has 25 heavy (non-hydrogen) atoms. The van der Waals surface area contributed by atoms with Crippen molar-refractivity contribution in [2.75, 3.05) is 19.9 Å². The van der Waals surface area contributed by atoms with Gasteiger partial charge in [0.25, 0.3) is 0 Å². The van der Waals surface area contributed by atoms with E-state index in [1.807, 2.05) is 31.2 Å². The highest BCUT2D eigenvalue weighted by molar-refractivity contribution is 7.88. The Labute approximate surface area is 149 Å². The Bertz CT molecular complexity index is 745. The van der Waals surface area contributed by atoms with Gasteiger partial charge in [0.1, 0.15) is 0 Å². The van der Waals surface area contributed by atoms with E-state index in [4.69, 9.17) is 4.74 Å². The molecule has 7 heteroatoms. The number of nitrogens with zero attached hydrogens (tertiary/aromatic N) is 1. The summed E-state index contributed by atoms with van der Waals surface area (Å²) in [7, 11) is -2.03. The maximum atomic E-state index is 12.2. The van der Waals surface area contributed by atoms with Crippen LogP contribution in [0, 0.1) is 0 Å². The SMILES string of the molecule is C=C(C)c1cccc(C[C@@H]2[C@H](NS(C)(=O)=O)CCCN2C(=O)OC)c1. The number of carbonyl (C=O) groups excluding carboxylic acids is 1. The van der Waals surface area contributed by atoms with Gasteiger partial charge in [-0.3, -0.25) is 0 Å². The molecule has 0 aliphatic carbocycles. The van der Waals surface area contributed by atoms with Crippen molar-refractivity contribution in [3.63, 3.8) is 0 Å². The lowest BCUT2D eigenvalue weighted by Crippen LogP contribution is -2.57. The molecular weight excluding hydrogens is 340 g/mol. The Morgan fingerprint density at radius 2 is 2.16 bits per heavy atom. The molecule has 0 saturated carbocycles. The van der Waals surface area contributed by atoms with Crippen LogP contribution in [0.4, 0.5) is 4.79 Å². The summed E-state index contributed by atoms with van der Waals surface area (Å²) in [5.74, 6) is 0. The van der Waals surface area contributed by atoms with Gasteiger partial charge in [0.2, 0.25) is 10.0 Å². The van der Waals surface area contributed by atoms with Gasteiger partial charge >= 0.3 is 6.09 Å². The van der Waals surface area contributed by atoms with Gasteiger partial charge in [0.15, 0.2) is 0 Å². The van der Waals surface area contributed by atoms with Gasteiger partial charge in [-0.05, 0) is 37.3 Å². The van der Waals surface area contributed by atoms with E-state index in [-0.39, 0.29) is 12.1 Å². The Balaban J connectivity index is 2.31. The zero-order valence-corrected chi connectivity index (χ0v) is 15.8. The van der Waals surface area contributed by atoms with E-state index >= 15 is 0 Å². The zero-order chi connectivity index (χ0) is 18.6. The van der Waals surface area contributed by atoms with Crippen molar-refractivity contribution < 1.29 is 17.9 Å². The van der Waals surface area contributed by atoms with Crippen molar-refractivity contribution in [3.8, 4) is 0 Å². The summed E-state index contributed by atoms with van der Waals surface area (Å²) in [4.78, 5) is 13.8. The van der Waals surface area contributed by atoms with Crippen LogP contribution in [-0.2, 0) is 21.2 Å². The molecule has 1 aromatic rings. The smallest absolute Gasteiger partial charge is 0.409 e. The van der Waals surface area contributed by atoms with Crippen LogP contribution in [-0.4, -0.2) is 51.4 Å². The van der Waals surface area contributed by atoms with E-state index in [0.29, 0.717) is 19.4 Å². The van der Waals surface area contributed by atoms with Crippen molar-refractivity contribution in [1.82, 2.24) is 9.62 Å². The fourth-order valence-corrected chi connectivity index (χ4v) is 4.10. The normalized spacial score (nSPS) is 21.0. The van der Waals surface area contributed by atoms with Crippen LogP contribution < -0.4 is 4.72 Å². The summed E-state index contributed by atoms with van der Waals surface area (Å²) >= 11 is 0. The largest absolute Gasteiger partial charge is 0.453 e. The molecule has 0 aromatic heterocycles. The number of methoxy groups -OCH3 is 1. The molecule has 1 aliphatic rings. The molecule has 1 amide bonds. The van der Waals surface area contributed by atoms with E-state index in [9.17, 15) is 13.2 Å². The summed E-state index contributed by atoms with van der Waals surface area (Å²) < 4.78 is 31.0. The highest BCUT2D eigenvalue weighted by atomic mass is 32.2. The molecule has 2 atom stereocenters. The quantitative estimate of drug-likeness (QED) is 0.868. The molecule has 138 valence electrons. The maximum absolute atomic E-state index is 12.2. The Hall–Kier alpha value is -1.86. The van der Waals surface area contributed by atoms with Crippen LogP contribution in [0.25, 0.3) is 5.57 Å². The van der Waals surface area contributed by atoms with Crippen LogP contribution >= 0.6 is 0 Å². The fourth-order valence-electron chi connectivity index (χ4n) is 3.27. The molecule has 0 bridgehead atoms. The van der Waals surface area contributed by atoms with E-state index in [2.05, 4.69) is 11.3 Å². The first-order valence-electron chi connectivity index (χ1n) is 8.28. The summed E-state index contributed by atoms with van der Waals surface area (Å²) in [6.45, 7) is 6.45. The first-order valence-corrected chi connectivity index (χ1v) is 10.2. The number of amides is 1. The highest BCUT2D eigenvalue weighted by Gasteiger charge is 2.36. The summed E-state index contributed by atoms with van der Waals surface area (Å²) in [6.07, 6.45) is 2.67. The predicted molar refractivity (Wildman–Crippen MR) is 98.8 cm³/mol. The third-order valence-electron chi connectivity index (χ3n) is 4.42. The molecule has 0 spiro atoms. The summed E-state index contributed by atoms with van der Waals surface area (Å²) in [5.41, 5.74) is 3.02. The third kappa shape index (κ3) is 5.31. The molecule has 2 rings (SSSR count). The lowest BCUT2D eigenvalue weighted by molar-refractivity contribution is 0.0792. The molecule has 0 radical (unpaired) electrons. The zero-order valence-electron chi connectivity index (χ0n) is 15.0. The lowest BCUT2D eigenvalue weighted by atomic mass is 9.91. The van der Waals surface area contributed by atoms with Crippen molar-refractivity contribution in [2.24, 2.45) is 0 Å². The lowest BCUT2D eigenvalue weighted by Gasteiger charge is -2.40. The van der Waals surface area contributed by atoms with E-state index < -0.39 is 16.1 Å². The van der Waals surface area contributed by atoms with E-state index in [0.717, 1.165) is 29.4 Å². The van der Waals surface area contributed by atoms with Gasteiger partial charge in [-0.25, -0.2) is 17.9 Å². The number of sulfonamides is 1. The number of likely N-dealkylation sites (tertiary alicyclic amines) is 1. The fraction of sp³-hybridized carbons (Fsp3) is 0.500. The summed E-state index contributed by atoms with van der Waals surface area (Å²) in [5, 5.41) is 0. The average molecular weight is 366 g/mol. The topological polar surface area (TPSA) is 75.7 Å². The van der Waals surface area contributed by atoms with Crippen molar-refractivity contribution in [2.45, 2.75) is 38.3 Å². The molecular formula is C18H26N2O4S. The van der Waals surface area contributed by atoms with E-state index in [1.165, 1.54) is 7.11 Å². The number of piperidine rings is 1. The Morgan fingerprint density at radius 1 is 1.44 bits per heavy atom. The molecule has 1 aliphatic heterocycles. The van der Waals surface area contributed by atoms with Gasteiger partial charge in [0, 0.05) is 12.6 Å². The van der Waals surface area contributed by atoms with Crippen molar-refractivity contribution >= 4 is 21.7 Å². The highest BCUT2D eigenvalue weighted by Crippen LogP contribution is 2.24. The van der Waals surface area contributed by atoms with Crippen LogP contribution in [0.15, 0.2) is 30.8 Å². The van der Waals surface area contributed by atoms with Gasteiger partial charge in [-0.15, -0.1) is 0 Å². The molecule has 1 N–H and O–H groups in total. The van der Waals surface area contributed by atoms with Crippen LogP contribution in [0.2, 0.25) is 0 Å². The Kier molecular flexibility index (Phi) is 6.24. The van der Waals surface area contributed by atoms with Gasteiger partial charge < -0.3 is 9.64 Å². The molecule has 1 aromatic carbocycles. The number of hydrogen-bond donors (Lipinski definition) is 1. The number of allylic oxidation sites excluding steroid dienone is 1. The van der Waals surface area contributed by atoms with Gasteiger partial charge in [-0.2, -0.15) is 0 Å². The minimum Gasteiger partial charge on any atom is -0.453 e. The molecule has 6 nitrogen and oxygen atoms in total. The number of benzene rings is 1. The van der Waals surface area contributed by atoms with Crippen LogP contribution in [0.5, 0.6) is 0 Å². The predicted octanol–water partition coefficient (Wildman–Crippen LogP) is 2.41. The molecule has 1 heterocycles. The minimum atomic E-state index is -3.37. The van der Waals surface area contributed by atoms with Gasteiger partial charge in [-0.1, -0.05) is 36.4 Å². The number of carbonyl (C=O) groups is 1.